The molecule has 0 aliphatic heterocycles. The Balaban J connectivity index is 0.00000171. The van der Waals surface area contributed by atoms with Crippen LogP contribution in [0.3, 0.4) is 0 Å². The minimum Gasteiger partial charge on any atom is -0.496 e. The van der Waals surface area contributed by atoms with Crippen molar-refractivity contribution in [2.45, 2.75) is 78.6 Å². The molecule has 0 bridgehead atoms. The Morgan fingerprint density at radius 1 is 0.844 bits per heavy atom. The van der Waals surface area contributed by atoms with Gasteiger partial charge in [-0.1, -0.05) is 65.2 Å². The molecular formula is C28H37Cl2OZr-. The van der Waals surface area contributed by atoms with Crippen LogP contribution in [0.5, 0.6) is 5.75 Å². The summed E-state index contributed by atoms with van der Waals surface area (Å²) in [5.74, 6) is 1.05. The molecule has 0 spiro atoms. The van der Waals surface area contributed by atoms with Crippen molar-refractivity contribution < 1.29 is 30.9 Å². The van der Waals surface area contributed by atoms with Crippen LogP contribution in [0.2, 0.25) is 0 Å². The minimum absolute atomic E-state index is 0. The van der Waals surface area contributed by atoms with Crippen LogP contribution >= 0.6 is 24.8 Å². The molecule has 0 N–H and O–H groups in total. The summed E-state index contributed by atoms with van der Waals surface area (Å²) < 4.78 is 6.00. The summed E-state index contributed by atoms with van der Waals surface area (Å²) in [4.78, 5) is 0. The molecule has 0 atom stereocenters. The molecule has 3 aromatic carbocycles. The van der Waals surface area contributed by atoms with Gasteiger partial charge in [-0.05, 0) is 47.8 Å². The number of rotatable bonds is 2. The third-order valence-corrected chi connectivity index (χ3v) is 6.43. The average molecular weight is 552 g/mol. The summed E-state index contributed by atoms with van der Waals surface area (Å²) in [5.41, 5.74) is 9.91. The first-order valence-electron chi connectivity index (χ1n) is 11.0. The van der Waals surface area contributed by atoms with Crippen molar-refractivity contribution in [1.82, 2.24) is 0 Å². The van der Waals surface area contributed by atoms with Crippen molar-refractivity contribution >= 4 is 35.6 Å². The van der Waals surface area contributed by atoms with Crippen molar-refractivity contribution in [2.24, 2.45) is 0 Å². The van der Waals surface area contributed by atoms with Crippen LogP contribution in [0, 0.1) is 6.92 Å². The molecule has 0 amide bonds. The number of aryl methyl sites for hydroxylation is 2. The van der Waals surface area contributed by atoms with Crippen LogP contribution in [-0.4, -0.2) is 7.11 Å². The Kier molecular flexibility index (Phi) is 9.44. The van der Waals surface area contributed by atoms with E-state index < -0.39 is 0 Å². The van der Waals surface area contributed by atoms with E-state index in [-0.39, 0.29) is 61.8 Å². The fourth-order valence-electron chi connectivity index (χ4n) is 5.01. The quantitative estimate of drug-likeness (QED) is 0.290. The van der Waals surface area contributed by atoms with Gasteiger partial charge in [0, 0.05) is 37.3 Å². The van der Waals surface area contributed by atoms with Gasteiger partial charge in [0.1, 0.15) is 5.75 Å². The van der Waals surface area contributed by atoms with Gasteiger partial charge in [0.05, 0.1) is 7.11 Å². The fraction of sp³-hybridized carbons (Fsp3) is 0.464. The molecule has 1 aliphatic rings. The number of ether oxygens (including phenoxy) is 1. The van der Waals surface area contributed by atoms with Gasteiger partial charge in [0.2, 0.25) is 0 Å². The maximum Gasteiger partial charge on any atom is 0.126 e. The van der Waals surface area contributed by atoms with Crippen molar-refractivity contribution in [3.8, 4) is 16.9 Å². The standard InChI is InChI=1S/C28H35O.2ClH.Zr/c1-17-12-19-14-18-10-9-11-21(18)25(22(19)13-17)20-15-23(27(2,3)4)26(29-8)24(16-20)28(5,6)7;;;/h12-16H,9-11H2,1-8H3;2*1H;/q-1;;;. The molecule has 4 rings (SSSR count). The van der Waals surface area contributed by atoms with Crippen LogP contribution < -0.4 is 4.74 Å². The summed E-state index contributed by atoms with van der Waals surface area (Å²) in [6, 6.07) is 12.0. The maximum absolute atomic E-state index is 6.00. The third-order valence-electron chi connectivity index (χ3n) is 6.43. The number of halogens is 2. The van der Waals surface area contributed by atoms with Crippen molar-refractivity contribution in [3.05, 3.63) is 58.1 Å². The zero-order valence-corrected chi connectivity index (χ0v) is 24.8. The molecule has 0 aromatic heterocycles. The predicted octanol–water partition coefficient (Wildman–Crippen LogP) is 8.47. The summed E-state index contributed by atoms with van der Waals surface area (Å²) in [5, 5.41) is 2.80. The summed E-state index contributed by atoms with van der Waals surface area (Å²) >= 11 is 0. The van der Waals surface area contributed by atoms with E-state index in [2.05, 4.69) is 78.8 Å². The van der Waals surface area contributed by atoms with Gasteiger partial charge in [0.25, 0.3) is 0 Å². The Hall–Kier alpha value is -0.687. The van der Waals surface area contributed by atoms with Crippen molar-refractivity contribution in [3.63, 3.8) is 0 Å². The fourth-order valence-corrected chi connectivity index (χ4v) is 5.01. The van der Waals surface area contributed by atoms with E-state index in [0.29, 0.717) is 0 Å². The number of fused-ring (bicyclic) bond motifs is 2. The van der Waals surface area contributed by atoms with Crippen LogP contribution in [0.25, 0.3) is 21.9 Å². The normalized spacial score (nSPS) is 13.1. The largest absolute Gasteiger partial charge is 0.496 e. The van der Waals surface area contributed by atoms with Gasteiger partial charge in [-0.15, -0.1) is 53.3 Å². The molecule has 4 heteroatoms. The van der Waals surface area contributed by atoms with Gasteiger partial charge in [-0.25, -0.2) is 0 Å². The van der Waals surface area contributed by atoms with E-state index in [9.17, 15) is 0 Å². The van der Waals surface area contributed by atoms with Gasteiger partial charge >= 0.3 is 0 Å². The molecule has 0 unspecified atom stereocenters. The number of hydrogen-bond acceptors (Lipinski definition) is 1. The number of hydrogen-bond donors (Lipinski definition) is 0. The number of benzene rings is 2. The van der Waals surface area contributed by atoms with E-state index >= 15 is 0 Å². The van der Waals surface area contributed by atoms with Crippen molar-refractivity contribution in [1.29, 1.82) is 0 Å². The topological polar surface area (TPSA) is 9.23 Å². The van der Waals surface area contributed by atoms with Crippen LogP contribution in [0.4, 0.5) is 0 Å². The van der Waals surface area contributed by atoms with Crippen LogP contribution in [-0.2, 0) is 49.9 Å². The summed E-state index contributed by atoms with van der Waals surface area (Å²) in [6.07, 6.45) is 3.66. The van der Waals surface area contributed by atoms with E-state index in [1.54, 1.807) is 11.1 Å². The van der Waals surface area contributed by atoms with E-state index in [1.807, 2.05) is 7.11 Å². The molecule has 0 radical (unpaired) electrons. The number of methoxy groups -OCH3 is 1. The van der Waals surface area contributed by atoms with Crippen molar-refractivity contribution in [2.75, 3.05) is 7.11 Å². The van der Waals surface area contributed by atoms with Gasteiger partial charge in [-0.2, -0.15) is 6.07 Å². The summed E-state index contributed by atoms with van der Waals surface area (Å²) in [7, 11) is 1.82. The van der Waals surface area contributed by atoms with E-state index in [1.165, 1.54) is 57.9 Å². The van der Waals surface area contributed by atoms with Gasteiger partial charge in [0.15, 0.2) is 0 Å². The Morgan fingerprint density at radius 2 is 1.41 bits per heavy atom. The molecular weight excluding hydrogens is 514 g/mol. The molecule has 0 saturated carbocycles. The molecule has 174 valence electrons. The first-order valence-corrected chi connectivity index (χ1v) is 11.0. The SMILES string of the molecule is COc1c(C(C)(C)C)cc(-c2c3c(cc4[cH-]c(C)cc24)CCC3)cc1C(C)(C)C.Cl.Cl.[Zr]. The average Bonchev–Trinajstić information content (AvgIpc) is 3.21. The van der Waals surface area contributed by atoms with E-state index in [0.717, 1.165) is 5.75 Å². The van der Waals surface area contributed by atoms with Gasteiger partial charge in [-0.3, -0.25) is 0 Å². The minimum atomic E-state index is 0. The smallest absolute Gasteiger partial charge is 0.126 e. The molecule has 0 saturated heterocycles. The summed E-state index contributed by atoms with van der Waals surface area (Å²) in [6.45, 7) is 16.0. The zero-order valence-electron chi connectivity index (χ0n) is 20.7. The third kappa shape index (κ3) is 5.19. The molecule has 0 fully saturated rings. The maximum atomic E-state index is 6.00. The molecule has 1 nitrogen and oxygen atoms in total. The zero-order chi connectivity index (χ0) is 21.1. The van der Waals surface area contributed by atoms with Crippen LogP contribution in [0.15, 0.2) is 30.3 Å². The van der Waals surface area contributed by atoms with E-state index in [4.69, 9.17) is 4.74 Å². The molecule has 0 heterocycles. The molecule has 3 aromatic rings. The first-order chi connectivity index (χ1) is 13.5. The second-order valence-electron chi connectivity index (χ2n) is 10.9. The Bertz CT molecular complexity index is 1060. The first kappa shape index (κ1) is 29.3. The molecule has 32 heavy (non-hydrogen) atoms. The second kappa shape index (κ2) is 10.3. The molecule has 1 aliphatic carbocycles. The van der Waals surface area contributed by atoms with Gasteiger partial charge < -0.3 is 4.74 Å². The Morgan fingerprint density at radius 3 is 1.91 bits per heavy atom. The van der Waals surface area contributed by atoms with Crippen LogP contribution in [0.1, 0.15) is 75.8 Å². The second-order valence-corrected chi connectivity index (χ2v) is 10.9. The predicted molar refractivity (Wildman–Crippen MR) is 140 cm³/mol. The Labute approximate surface area is 226 Å². The monoisotopic (exact) mass is 549 g/mol.